The second-order valence-corrected chi connectivity index (χ2v) is 3.92. The van der Waals surface area contributed by atoms with E-state index in [9.17, 15) is 4.79 Å². The largest absolute Gasteiger partial charge is 0.466 e. The Morgan fingerprint density at radius 2 is 2.07 bits per heavy atom. The van der Waals surface area contributed by atoms with Gasteiger partial charge in [-0.2, -0.15) is 0 Å². The predicted octanol–water partition coefficient (Wildman–Crippen LogP) is 3.55. The van der Waals surface area contributed by atoms with Gasteiger partial charge in [-0.1, -0.05) is 39.5 Å². The van der Waals surface area contributed by atoms with Crippen LogP contribution in [0.3, 0.4) is 0 Å². The van der Waals surface area contributed by atoms with Crippen molar-refractivity contribution in [2.45, 2.75) is 59.2 Å². The highest BCUT2D eigenvalue weighted by Crippen LogP contribution is 2.10. The monoisotopic (exact) mass is 205 g/mol. The maximum Gasteiger partial charge on any atom is 0.305 e. The molecule has 0 aromatic rings. The Bertz CT molecular complexity index is 274. The van der Waals surface area contributed by atoms with E-state index in [4.69, 9.17) is 6.85 Å². The molecular formula is C12H24O2. The van der Waals surface area contributed by atoms with E-state index in [2.05, 4.69) is 18.6 Å². The highest BCUT2D eigenvalue weighted by molar-refractivity contribution is 5.69. The van der Waals surface area contributed by atoms with E-state index >= 15 is 0 Å². The van der Waals surface area contributed by atoms with Crippen molar-refractivity contribution in [3.63, 3.8) is 0 Å². The molecule has 0 spiro atoms. The van der Waals surface area contributed by atoms with Gasteiger partial charge in [-0.15, -0.1) is 0 Å². The van der Waals surface area contributed by atoms with E-state index in [0.29, 0.717) is 12.3 Å². The molecule has 0 aliphatic carbocycles. The van der Waals surface area contributed by atoms with Gasteiger partial charge >= 0.3 is 5.97 Å². The Labute approximate surface area is 95.1 Å². The van der Waals surface area contributed by atoms with Crippen molar-refractivity contribution in [3.8, 4) is 0 Å². The summed E-state index contributed by atoms with van der Waals surface area (Å²) < 4.78 is 39.5. The molecule has 0 fully saturated rings. The highest BCUT2D eigenvalue weighted by atomic mass is 16.5. The van der Waals surface area contributed by atoms with E-state index in [1.54, 1.807) is 0 Å². The average molecular weight is 205 g/mol. The number of carbonyl (C=O) groups excluding carboxylic acids is 1. The van der Waals surface area contributed by atoms with Gasteiger partial charge in [-0.05, 0) is 19.2 Å². The minimum atomic E-state index is -2.94. The molecule has 0 aliphatic rings. The molecule has 0 aromatic carbocycles. The zero-order valence-electron chi connectivity index (χ0n) is 14.1. The molecule has 2 nitrogen and oxygen atoms in total. The van der Waals surface area contributed by atoms with Crippen LogP contribution in [-0.4, -0.2) is 12.5 Å². The Kier molecular flexibility index (Phi) is 4.43. The molecule has 0 aromatic heterocycles. The Hall–Kier alpha value is -0.530. The van der Waals surface area contributed by atoms with Gasteiger partial charge in [-0.3, -0.25) is 4.79 Å². The molecule has 0 N–H and O–H groups in total. The molecule has 0 saturated carbocycles. The van der Waals surface area contributed by atoms with E-state index in [-0.39, 0.29) is 6.42 Å². The van der Waals surface area contributed by atoms with Gasteiger partial charge in [0.15, 0.2) is 0 Å². The van der Waals surface area contributed by atoms with Crippen molar-refractivity contribution in [1.82, 2.24) is 0 Å². The van der Waals surface area contributed by atoms with Crippen LogP contribution in [0.1, 0.15) is 66.1 Å². The van der Waals surface area contributed by atoms with Crippen LogP contribution in [0.15, 0.2) is 0 Å². The Morgan fingerprint density at radius 3 is 2.71 bits per heavy atom. The van der Waals surface area contributed by atoms with Crippen LogP contribution in [0.2, 0.25) is 0 Å². The van der Waals surface area contributed by atoms with Gasteiger partial charge in [0.05, 0.1) is 9.30 Å². The fourth-order valence-electron chi connectivity index (χ4n) is 1.28. The lowest BCUT2D eigenvalue weighted by Gasteiger charge is -2.04. The normalized spacial score (nSPS) is 17.8. The zero-order chi connectivity index (χ0) is 15.1. The lowest BCUT2D eigenvalue weighted by atomic mass is 10.0. The molecule has 84 valence electrons. The van der Waals surface area contributed by atoms with E-state index in [1.165, 1.54) is 0 Å². The van der Waals surface area contributed by atoms with Crippen molar-refractivity contribution < 1.29 is 16.4 Å². The average Bonchev–Trinajstić information content (AvgIpc) is 2.20. The quantitative estimate of drug-likeness (QED) is 0.447. The molecular weight excluding hydrogens is 176 g/mol. The Morgan fingerprint density at radius 1 is 1.36 bits per heavy atom. The van der Waals surface area contributed by atoms with Gasteiger partial charge in [0.25, 0.3) is 0 Å². The smallest absolute Gasteiger partial charge is 0.305 e. The lowest BCUT2D eigenvalue weighted by molar-refractivity contribution is -0.143. The molecule has 2 heteroatoms. The van der Waals surface area contributed by atoms with E-state index < -0.39 is 19.4 Å². The summed E-state index contributed by atoms with van der Waals surface area (Å²) in [6, 6.07) is 0. The summed E-state index contributed by atoms with van der Waals surface area (Å²) in [4.78, 5) is 11.3. The summed E-state index contributed by atoms with van der Waals surface area (Å²) in [5.41, 5.74) is 0. The number of carbonyl (C=O) groups is 1. The fourth-order valence-corrected chi connectivity index (χ4v) is 1.28. The maximum atomic E-state index is 11.3. The van der Waals surface area contributed by atoms with Crippen molar-refractivity contribution in [2.75, 3.05) is 6.56 Å². The first kappa shape index (κ1) is 6.86. The number of hydrogen-bond acceptors (Lipinski definition) is 2. The summed E-state index contributed by atoms with van der Waals surface area (Å²) in [5.74, 6) is -0.110. The first-order valence-corrected chi connectivity index (χ1v) is 5.28. The molecule has 0 amide bonds. The topological polar surface area (TPSA) is 26.3 Å². The van der Waals surface area contributed by atoms with Gasteiger partial charge in [-0.25, -0.2) is 0 Å². The fraction of sp³-hybridized carbons (Fsp3) is 0.917. The molecule has 0 atom stereocenters. The molecule has 0 saturated heterocycles. The Balaban J connectivity index is 3.77. The minimum absolute atomic E-state index is 0.0667. The number of esters is 1. The molecule has 0 heterocycles. The number of hydrogen-bond donors (Lipinski definition) is 0. The van der Waals surface area contributed by atoms with Crippen molar-refractivity contribution in [2.24, 2.45) is 5.92 Å². The van der Waals surface area contributed by atoms with Crippen LogP contribution >= 0.6 is 0 Å². The minimum Gasteiger partial charge on any atom is -0.466 e. The van der Waals surface area contributed by atoms with Crippen LogP contribution in [-0.2, 0) is 9.53 Å². The predicted molar refractivity (Wildman–Crippen MR) is 59.2 cm³/mol. The third-order valence-electron chi connectivity index (χ3n) is 2.08. The van der Waals surface area contributed by atoms with Gasteiger partial charge in [0.2, 0.25) is 0 Å². The SMILES string of the molecule is [2H]C([2H])([2H])C([2H])([2H])OC(=O)CCCCCCC(C)C. The first-order chi connectivity index (χ1) is 8.56. The van der Waals surface area contributed by atoms with Gasteiger partial charge in [0.1, 0.15) is 0 Å². The second-order valence-electron chi connectivity index (χ2n) is 3.92. The van der Waals surface area contributed by atoms with Crippen molar-refractivity contribution >= 4 is 5.97 Å². The summed E-state index contributed by atoms with van der Waals surface area (Å²) in [5, 5.41) is 0. The van der Waals surface area contributed by atoms with Crippen molar-refractivity contribution in [1.29, 1.82) is 0 Å². The summed E-state index contributed by atoms with van der Waals surface area (Å²) in [6.45, 7) is -1.52. The van der Waals surface area contributed by atoms with Gasteiger partial charge in [0, 0.05) is 10.5 Å². The van der Waals surface area contributed by atoms with Crippen LogP contribution in [0, 0.1) is 5.92 Å². The second kappa shape index (κ2) is 9.04. The molecule has 0 unspecified atom stereocenters. The standard InChI is InChI=1S/C12H24O2/c1-4-14-12(13)10-8-6-5-7-9-11(2)3/h11H,4-10H2,1-3H3/i1D3,4D2. The highest BCUT2D eigenvalue weighted by Gasteiger charge is 2.00. The molecule has 0 bridgehead atoms. The molecule has 0 radical (unpaired) electrons. The summed E-state index contributed by atoms with van der Waals surface area (Å²) >= 11 is 0. The molecule has 0 aliphatic heterocycles. The third-order valence-corrected chi connectivity index (χ3v) is 2.08. The zero-order valence-corrected chi connectivity index (χ0v) is 9.14. The lowest BCUT2D eigenvalue weighted by Crippen LogP contribution is -2.03. The number of rotatable bonds is 8. The maximum absolute atomic E-state index is 11.3. The summed E-state index contributed by atoms with van der Waals surface area (Å²) in [7, 11) is 0. The third kappa shape index (κ3) is 9.56. The van der Waals surface area contributed by atoms with Crippen LogP contribution in [0.5, 0.6) is 0 Å². The number of ether oxygens (including phenoxy) is 1. The van der Waals surface area contributed by atoms with Crippen LogP contribution in [0.25, 0.3) is 0 Å². The van der Waals surface area contributed by atoms with Crippen LogP contribution in [0.4, 0.5) is 0 Å². The number of unbranched alkanes of at least 4 members (excludes halogenated alkanes) is 3. The van der Waals surface area contributed by atoms with Gasteiger partial charge < -0.3 is 4.74 Å². The first-order valence-electron chi connectivity index (χ1n) is 7.78. The molecule has 14 heavy (non-hydrogen) atoms. The van der Waals surface area contributed by atoms with E-state index in [0.717, 1.165) is 25.7 Å². The van der Waals surface area contributed by atoms with Crippen LogP contribution < -0.4 is 0 Å². The van der Waals surface area contributed by atoms with Crippen molar-refractivity contribution in [3.05, 3.63) is 0 Å². The molecule has 0 rings (SSSR count). The van der Waals surface area contributed by atoms with E-state index in [1.807, 2.05) is 0 Å². The summed E-state index contributed by atoms with van der Waals surface area (Å²) in [6.07, 6.45) is 4.84.